The zero-order valence-electron chi connectivity index (χ0n) is 20.5. The Morgan fingerprint density at radius 3 is 2.40 bits per heavy atom. The van der Waals surface area contributed by atoms with Gasteiger partial charge >= 0.3 is 6.09 Å². The minimum atomic E-state index is -0.317. The average molecular weight is 471 g/mol. The minimum absolute atomic E-state index is 0.128. The van der Waals surface area contributed by atoms with E-state index in [4.69, 9.17) is 4.74 Å². The third-order valence-electron chi connectivity index (χ3n) is 7.89. The zero-order chi connectivity index (χ0) is 24.3. The van der Waals surface area contributed by atoms with Crippen LogP contribution in [0.3, 0.4) is 0 Å². The van der Waals surface area contributed by atoms with Gasteiger partial charge in [0, 0.05) is 30.7 Å². The van der Waals surface area contributed by atoms with Crippen LogP contribution in [-0.4, -0.2) is 36.5 Å². The maximum Gasteiger partial charge on any atom is 0.410 e. The van der Waals surface area contributed by atoms with Crippen LogP contribution < -0.4 is 4.90 Å². The van der Waals surface area contributed by atoms with Gasteiger partial charge in [0.05, 0.1) is 5.92 Å². The first-order chi connectivity index (χ1) is 17.1. The summed E-state index contributed by atoms with van der Waals surface area (Å²) in [6.45, 7) is 3.91. The van der Waals surface area contributed by atoms with E-state index in [1.54, 1.807) is 4.90 Å². The second kappa shape index (κ2) is 10.1. The van der Waals surface area contributed by atoms with Gasteiger partial charge < -0.3 is 14.5 Å². The van der Waals surface area contributed by atoms with Crippen molar-refractivity contribution >= 4 is 28.5 Å². The van der Waals surface area contributed by atoms with E-state index >= 15 is 0 Å². The van der Waals surface area contributed by atoms with E-state index < -0.39 is 0 Å². The highest BCUT2D eigenvalue weighted by molar-refractivity contribution is 5.98. The van der Waals surface area contributed by atoms with Crippen molar-refractivity contribution in [3.05, 3.63) is 78.4 Å². The van der Waals surface area contributed by atoms with Crippen molar-refractivity contribution in [2.24, 2.45) is 11.3 Å². The number of carbonyl (C=O) groups excluding carboxylic acids is 2. The molecule has 2 amide bonds. The summed E-state index contributed by atoms with van der Waals surface area (Å²) in [5.74, 6) is -0.0819. The lowest BCUT2D eigenvalue weighted by molar-refractivity contribution is -0.125. The minimum Gasteiger partial charge on any atom is -0.445 e. The molecular weight excluding hydrogens is 436 g/mol. The molecule has 0 aromatic heterocycles. The molecule has 1 atom stereocenters. The van der Waals surface area contributed by atoms with E-state index in [0.717, 1.165) is 47.7 Å². The van der Waals surface area contributed by atoms with Crippen molar-refractivity contribution in [3.8, 4) is 0 Å². The van der Waals surface area contributed by atoms with Gasteiger partial charge in [-0.2, -0.15) is 0 Å². The van der Waals surface area contributed by atoms with E-state index in [1.807, 2.05) is 60.4 Å². The fourth-order valence-electron chi connectivity index (χ4n) is 6.02. The number of carbonyl (C=O) groups is 2. The molecule has 182 valence electrons. The van der Waals surface area contributed by atoms with Crippen molar-refractivity contribution in [1.29, 1.82) is 0 Å². The van der Waals surface area contributed by atoms with Gasteiger partial charge in [-0.1, -0.05) is 79.9 Å². The van der Waals surface area contributed by atoms with Gasteiger partial charge in [0.1, 0.15) is 6.61 Å². The van der Waals surface area contributed by atoms with Crippen molar-refractivity contribution in [2.45, 2.75) is 45.6 Å². The van der Waals surface area contributed by atoms with Gasteiger partial charge in [-0.3, -0.25) is 4.79 Å². The summed E-state index contributed by atoms with van der Waals surface area (Å²) in [6.07, 6.45) is 5.08. The molecule has 5 rings (SSSR count). The highest BCUT2D eigenvalue weighted by Gasteiger charge is 2.52. The first-order valence-electron chi connectivity index (χ1n) is 12.9. The van der Waals surface area contributed by atoms with Crippen LogP contribution in [-0.2, 0) is 16.1 Å². The molecule has 1 heterocycles. The van der Waals surface area contributed by atoms with Crippen LogP contribution in [0.15, 0.2) is 72.8 Å². The third-order valence-corrected chi connectivity index (χ3v) is 7.89. The molecule has 5 nitrogen and oxygen atoms in total. The molecule has 1 spiro atoms. The number of benzene rings is 3. The van der Waals surface area contributed by atoms with Gasteiger partial charge in [0.2, 0.25) is 5.91 Å². The summed E-state index contributed by atoms with van der Waals surface area (Å²) in [7, 11) is 0. The van der Waals surface area contributed by atoms with Crippen molar-refractivity contribution in [1.82, 2.24) is 4.90 Å². The zero-order valence-corrected chi connectivity index (χ0v) is 20.5. The van der Waals surface area contributed by atoms with Gasteiger partial charge in [-0.05, 0) is 48.2 Å². The molecule has 5 heteroatoms. The summed E-state index contributed by atoms with van der Waals surface area (Å²) in [5, 5.41) is 2.29. The van der Waals surface area contributed by atoms with E-state index in [2.05, 4.69) is 24.3 Å². The van der Waals surface area contributed by atoms with E-state index in [-0.39, 0.29) is 29.9 Å². The van der Waals surface area contributed by atoms with Gasteiger partial charge in [0.15, 0.2) is 0 Å². The number of hydrogen-bond acceptors (Lipinski definition) is 3. The number of ether oxygens (including phenoxy) is 1. The number of anilines is 1. The van der Waals surface area contributed by atoms with Crippen LogP contribution in [0.25, 0.3) is 10.8 Å². The molecular formula is C30H34N2O3. The third kappa shape index (κ3) is 4.77. The normalized spacial score (nSPS) is 19.1. The summed E-state index contributed by atoms with van der Waals surface area (Å²) >= 11 is 0. The molecule has 1 aliphatic heterocycles. The first-order valence-corrected chi connectivity index (χ1v) is 12.9. The van der Waals surface area contributed by atoms with E-state index in [1.165, 1.54) is 6.42 Å². The van der Waals surface area contributed by atoms with Crippen molar-refractivity contribution in [2.75, 3.05) is 24.5 Å². The molecule has 3 aromatic carbocycles. The quantitative estimate of drug-likeness (QED) is 0.433. The number of fused-ring (bicyclic) bond motifs is 1. The predicted octanol–water partition coefficient (Wildman–Crippen LogP) is 6.41. The Bertz CT molecular complexity index is 1190. The van der Waals surface area contributed by atoms with Crippen LogP contribution in [0.2, 0.25) is 0 Å². The summed E-state index contributed by atoms with van der Waals surface area (Å²) in [5.41, 5.74) is 1.73. The SMILES string of the molecule is CCN(C(=O)[C@H]1CN(C(=O)OCc2ccccc2)CC12CCCCC2)c1ccc2ccccc2c1. The first kappa shape index (κ1) is 23.4. The second-order valence-corrected chi connectivity index (χ2v) is 10.0. The Labute approximate surface area is 207 Å². The Morgan fingerprint density at radius 2 is 1.66 bits per heavy atom. The molecule has 3 aromatic rings. The maximum atomic E-state index is 14.1. The number of hydrogen-bond donors (Lipinski definition) is 0. The summed E-state index contributed by atoms with van der Waals surface area (Å²) < 4.78 is 5.66. The van der Waals surface area contributed by atoms with Crippen LogP contribution in [0.4, 0.5) is 10.5 Å². The second-order valence-electron chi connectivity index (χ2n) is 10.0. The average Bonchev–Trinajstić information content (AvgIpc) is 3.27. The molecule has 1 aliphatic carbocycles. The molecule has 1 saturated carbocycles. The molecule has 2 fully saturated rings. The van der Waals surface area contributed by atoms with Crippen LogP contribution >= 0.6 is 0 Å². The van der Waals surface area contributed by atoms with Crippen molar-refractivity contribution < 1.29 is 14.3 Å². The van der Waals surface area contributed by atoms with Gasteiger partial charge in [0.25, 0.3) is 0 Å². The fourth-order valence-corrected chi connectivity index (χ4v) is 6.02. The summed E-state index contributed by atoms with van der Waals surface area (Å²) in [6, 6.07) is 24.2. The molecule has 35 heavy (non-hydrogen) atoms. The molecule has 0 unspecified atom stereocenters. The van der Waals surface area contributed by atoms with Crippen molar-refractivity contribution in [3.63, 3.8) is 0 Å². The predicted molar refractivity (Wildman–Crippen MR) is 139 cm³/mol. The number of nitrogens with zero attached hydrogens (tertiary/aromatic N) is 2. The summed E-state index contributed by atoms with van der Waals surface area (Å²) in [4.78, 5) is 30.8. The molecule has 0 radical (unpaired) electrons. The Hall–Kier alpha value is -3.34. The maximum absolute atomic E-state index is 14.1. The Balaban J connectivity index is 1.37. The van der Waals surface area contributed by atoms with Crippen LogP contribution in [0.5, 0.6) is 0 Å². The lowest BCUT2D eigenvalue weighted by Crippen LogP contribution is -2.44. The van der Waals surface area contributed by atoms with Gasteiger partial charge in [-0.15, -0.1) is 0 Å². The largest absolute Gasteiger partial charge is 0.445 e. The van der Waals surface area contributed by atoms with Crippen LogP contribution in [0.1, 0.15) is 44.6 Å². The lowest BCUT2D eigenvalue weighted by Gasteiger charge is -2.39. The topological polar surface area (TPSA) is 49.9 Å². The monoisotopic (exact) mass is 470 g/mol. The highest BCUT2D eigenvalue weighted by atomic mass is 16.6. The van der Waals surface area contributed by atoms with Gasteiger partial charge in [-0.25, -0.2) is 4.79 Å². The van der Waals surface area contributed by atoms with E-state index in [9.17, 15) is 9.59 Å². The number of amides is 2. The molecule has 1 saturated heterocycles. The Kier molecular flexibility index (Phi) is 6.76. The molecule has 2 aliphatic rings. The van der Waals surface area contributed by atoms with E-state index in [0.29, 0.717) is 19.6 Å². The number of likely N-dealkylation sites (tertiary alicyclic amines) is 1. The molecule has 0 bridgehead atoms. The smallest absolute Gasteiger partial charge is 0.410 e. The highest BCUT2D eigenvalue weighted by Crippen LogP contribution is 2.48. The number of rotatable bonds is 5. The standard InChI is InChI=1S/C30H34N2O3/c1-2-32(26-16-15-24-13-7-8-14-25(24)19-26)28(33)27-20-31(22-30(27)17-9-4-10-18-30)29(34)35-21-23-11-5-3-6-12-23/h3,5-8,11-16,19,27H,2,4,9-10,17-18,20-22H2,1H3/t27-/m1/s1. The fraction of sp³-hybridized carbons (Fsp3) is 0.400. The Morgan fingerprint density at radius 1 is 0.943 bits per heavy atom. The molecule has 0 N–H and O–H groups in total. The lowest BCUT2D eigenvalue weighted by atomic mass is 9.67. The van der Waals surface area contributed by atoms with Crippen LogP contribution in [0, 0.1) is 11.3 Å².